The highest BCUT2D eigenvalue weighted by Crippen LogP contribution is 2.24. The van der Waals surface area contributed by atoms with E-state index in [0.29, 0.717) is 10.2 Å². The summed E-state index contributed by atoms with van der Waals surface area (Å²) in [5, 5.41) is 1.94. The van der Waals surface area contributed by atoms with Gasteiger partial charge >= 0.3 is 0 Å². The second-order valence-corrected chi connectivity index (χ2v) is 5.06. The van der Waals surface area contributed by atoms with E-state index in [1.54, 1.807) is 0 Å². The molecule has 4 nitrogen and oxygen atoms in total. The van der Waals surface area contributed by atoms with Gasteiger partial charge in [0.1, 0.15) is 17.5 Å². The SMILES string of the molecule is Nc1cnc(NC(=O)c2cc(F)c(Cl)cc2F)c(Br)c1. The van der Waals surface area contributed by atoms with Crippen LogP contribution in [0.4, 0.5) is 20.3 Å². The lowest BCUT2D eigenvalue weighted by Crippen LogP contribution is -2.15. The van der Waals surface area contributed by atoms with Crippen LogP contribution in [-0.2, 0) is 0 Å². The number of anilines is 2. The predicted octanol–water partition coefficient (Wildman–Crippen LogP) is 3.61. The van der Waals surface area contributed by atoms with Gasteiger partial charge in [0.2, 0.25) is 0 Å². The van der Waals surface area contributed by atoms with Gasteiger partial charge in [0.15, 0.2) is 0 Å². The number of nitrogens with zero attached hydrogens (tertiary/aromatic N) is 1. The molecule has 20 heavy (non-hydrogen) atoms. The van der Waals surface area contributed by atoms with Gasteiger partial charge in [-0.15, -0.1) is 0 Å². The fourth-order valence-electron chi connectivity index (χ4n) is 1.42. The van der Waals surface area contributed by atoms with E-state index in [1.807, 2.05) is 0 Å². The van der Waals surface area contributed by atoms with Gasteiger partial charge in [-0.2, -0.15) is 0 Å². The molecule has 0 radical (unpaired) electrons. The minimum Gasteiger partial charge on any atom is -0.397 e. The summed E-state index contributed by atoms with van der Waals surface area (Å²) in [5.41, 5.74) is 5.41. The molecule has 0 aliphatic rings. The highest BCUT2D eigenvalue weighted by atomic mass is 79.9. The van der Waals surface area contributed by atoms with Crippen molar-refractivity contribution in [3.63, 3.8) is 0 Å². The smallest absolute Gasteiger partial charge is 0.259 e. The lowest BCUT2D eigenvalue weighted by Gasteiger charge is -2.08. The molecule has 0 aliphatic carbocycles. The Balaban J connectivity index is 2.31. The number of nitrogens with two attached hydrogens (primary N) is 1. The van der Waals surface area contributed by atoms with E-state index in [0.717, 1.165) is 12.1 Å². The number of pyridine rings is 1. The van der Waals surface area contributed by atoms with E-state index < -0.39 is 28.1 Å². The first-order chi connectivity index (χ1) is 9.38. The topological polar surface area (TPSA) is 68.0 Å². The van der Waals surface area contributed by atoms with E-state index >= 15 is 0 Å². The van der Waals surface area contributed by atoms with Crippen LogP contribution >= 0.6 is 27.5 Å². The van der Waals surface area contributed by atoms with E-state index in [2.05, 4.69) is 26.2 Å². The largest absolute Gasteiger partial charge is 0.397 e. The van der Waals surface area contributed by atoms with Crippen LogP contribution in [0.5, 0.6) is 0 Å². The molecule has 0 fully saturated rings. The predicted molar refractivity (Wildman–Crippen MR) is 75.7 cm³/mol. The first kappa shape index (κ1) is 14.7. The Labute approximate surface area is 126 Å². The minimum atomic E-state index is -0.930. The zero-order chi connectivity index (χ0) is 14.9. The average Bonchev–Trinajstić information content (AvgIpc) is 2.37. The number of halogens is 4. The van der Waals surface area contributed by atoms with Crippen molar-refractivity contribution >= 4 is 44.9 Å². The van der Waals surface area contributed by atoms with Gasteiger partial charge in [-0.3, -0.25) is 4.79 Å². The van der Waals surface area contributed by atoms with Crippen molar-refractivity contribution < 1.29 is 13.6 Å². The quantitative estimate of drug-likeness (QED) is 0.802. The molecule has 1 aromatic carbocycles. The summed E-state index contributed by atoms with van der Waals surface area (Å²) < 4.78 is 27.3. The van der Waals surface area contributed by atoms with Crippen LogP contribution in [0.2, 0.25) is 5.02 Å². The third-order valence-corrected chi connectivity index (χ3v) is 3.24. The van der Waals surface area contributed by atoms with Crippen molar-refractivity contribution in [1.82, 2.24) is 4.98 Å². The number of nitrogens with one attached hydrogen (secondary N) is 1. The molecule has 0 unspecified atom stereocenters. The van der Waals surface area contributed by atoms with E-state index in [1.165, 1.54) is 12.3 Å². The lowest BCUT2D eigenvalue weighted by molar-refractivity contribution is 0.102. The number of rotatable bonds is 2. The zero-order valence-electron chi connectivity index (χ0n) is 9.75. The number of hydrogen-bond donors (Lipinski definition) is 2. The van der Waals surface area contributed by atoms with Crippen LogP contribution in [0.3, 0.4) is 0 Å². The van der Waals surface area contributed by atoms with Gasteiger partial charge in [-0.25, -0.2) is 13.8 Å². The maximum absolute atomic E-state index is 13.6. The van der Waals surface area contributed by atoms with Gasteiger partial charge in [-0.05, 0) is 34.1 Å². The van der Waals surface area contributed by atoms with Crippen molar-refractivity contribution in [2.75, 3.05) is 11.1 Å². The molecule has 0 saturated heterocycles. The van der Waals surface area contributed by atoms with Crippen LogP contribution in [0.15, 0.2) is 28.9 Å². The highest BCUT2D eigenvalue weighted by molar-refractivity contribution is 9.10. The molecule has 0 spiro atoms. The number of carbonyl (C=O) groups excluding carboxylic acids is 1. The molecule has 0 atom stereocenters. The Morgan fingerprint density at radius 3 is 2.65 bits per heavy atom. The average molecular weight is 363 g/mol. The molecule has 2 aromatic rings. The van der Waals surface area contributed by atoms with E-state index in [9.17, 15) is 13.6 Å². The molecule has 0 bridgehead atoms. The highest BCUT2D eigenvalue weighted by Gasteiger charge is 2.17. The number of hydrogen-bond acceptors (Lipinski definition) is 3. The van der Waals surface area contributed by atoms with Crippen LogP contribution in [0.1, 0.15) is 10.4 Å². The summed E-state index contributed by atoms with van der Waals surface area (Å²) in [6.07, 6.45) is 1.32. The number of amides is 1. The molecular weight excluding hydrogens is 356 g/mol. The van der Waals surface area contributed by atoms with Gasteiger partial charge in [0.05, 0.1) is 26.9 Å². The molecule has 1 aromatic heterocycles. The Kier molecular flexibility index (Phi) is 4.20. The zero-order valence-corrected chi connectivity index (χ0v) is 12.1. The van der Waals surface area contributed by atoms with Crippen molar-refractivity contribution in [2.45, 2.75) is 0 Å². The second-order valence-electron chi connectivity index (χ2n) is 3.80. The van der Waals surface area contributed by atoms with E-state index in [-0.39, 0.29) is 5.82 Å². The standard InChI is InChI=1S/C12H7BrClF2N3O/c13-7-1-5(17)4-18-11(7)19-12(20)6-2-10(16)8(14)3-9(6)15/h1-4H,17H2,(H,18,19,20). The normalized spacial score (nSPS) is 10.4. The molecule has 0 aliphatic heterocycles. The van der Waals surface area contributed by atoms with Crippen molar-refractivity contribution in [3.8, 4) is 0 Å². The lowest BCUT2D eigenvalue weighted by atomic mass is 10.2. The van der Waals surface area contributed by atoms with Gasteiger partial charge in [-0.1, -0.05) is 11.6 Å². The van der Waals surface area contributed by atoms with Gasteiger partial charge < -0.3 is 11.1 Å². The molecule has 1 amide bonds. The Morgan fingerprint density at radius 1 is 1.30 bits per heavy atom. The molecule has 3 N–H and O–H groups in total. The first-order valence-electron chi connectivity index (χ1n) is 5.25. The molecule has 0 saturated carbocycles. The maximum Gasteiger partial charge on any atom is 0.259 e. The van der Waals surface area contributed by atoms with Crippen LogP contribution in [0, 0.1) is 11.6 Å². The van der Waals surface area contributed by atoms with Gasteiger partial charge in [0.25, 0.3) is 5.91 Å². The monoisotopic (exact) mass is 361 g/mol. The maximum atomic E-state index is 13.6. The summed E-state index contributed by atoms with van der Waals surface area (Å²) in [5.74, 6) is -2.53. The Morgan fingerprint density at radius 2 is 2.00 bits per heavy atom. The number of carbonyl (C=O) groups is 1. The summed E-state index contributed by atoms with van der Waals surface area (Å²) in [6, 6.07) is 2.97. The van der Waals surface area contributed by atoms with Crippen molar-refractivity contribution in [2.24, 2.45) is 0 Å². The van der Waals surface area contributed by atoms with Crippen LogP contribution in [0.25, 0.3) is 0 Å². The summed E-state index contributed by atoms with van der Waals surface area (Å²) >= 11 is 8.56. The van der Waals surface area contributed by atoms with Crippen LogP contribution < -0.4 is 11.1 Å². The molecular formula is C12H7BrClF2N3O. The third-order valence-electron chi connectivity index (χ3n) is 2.35. The van der Waals surface area contributed by atoms with Crippen molar-refractivity contribution in [1.29, 1.82) is 0 Å². The summed E-state index contributed by atoms with van der Waals surface area (Å²) in [6.45, 7) is 0. The Hall–Kier alpha value is -1.73. The number of nitrogen functional groups attached to an aromatic ring is 1. The molecule has 1 heterocycles. The van der Waals surface area contributed by atoms with Gasteiger partial charge in [0, 0.05) is 0 Å². The fourth-order valence-corrected chi connectivity index (χ4v) is 2.03. The van der Waals surface area contributed by atoms with Crippen LogP contribution in [-0.4, -0.2) is 10.9 Å². The molecule has 8 heteroatoms. The Bertz CT molecular complexity index is 697. The first-order valence-corrected chi connectivity index (χ1v) is 6.42. The third kappa shape index (κ3) is 3.05. The molecule has 2 rings (SSSR count). The fraction of sp³-hybridized carbons (Fsp3) is 0. The molecule has 104 valence electrons. The number of benzene rings is 1. The van der Waals surface area contributed by atoms with E-state index in [4.69, 9.17) is 17.3 Å². The second kappa shape index (κ2) is 5.72. The summed E-state index contributed by atoms with van der Waals surface area (Å²) in [7, 11) is 0. The minimum absolute atomic E-state index is 0.138. The summed E-state index contributed by atoms with van der Waals surface area (Å²) in [4.78, 5) is 15.7. The number of aromatic nitrogens is 1. The van der Waals surface area contributed by atoms with Crippen molar-refractivity contribution in [3.05, 3.63) is 51.1 Å².